The Morgan fingerprint density at radius 2 is 1.67 bits per heavy atom. The Hall–Kier alpha value is -1.10. The van der Waals surface area contributed by atoms with Crippen molar-refractivity contribution in [3.05, 3.63) is 0 Å². The summed E-state index contributed by atoms with van der Waals surface area (Å²) in [5.41, 5.74) is 0. The summed E-state index contributed by atoms with van der Waals surface area (Å²) in [7, 11) is 0. The van der Waals surface area contributed by atoms with Gasteiger partial charge in [-0.1, -0.05) is 0 Å². The molecule has 0 saturated heterocycles. The fourth-order valence-corrected chi connectivity index (χ4v) is 0.604. The molecule has 0 aliphatic heterocycles. The lowest BCUT2D eigenvalue weighted by molar-refractivity contribution is -0.142. The van der Waals surface area contributed by atoms with E-state index in [0.717, 1.165) is 0 Å². The van der Waals surface area contributed by atoms with E-state index in [-0.39, 0.29) is 6.42 Å². The van der Waals surface area contributed by atoms with Crippen LogP contribution in [0.2, 0.25) is 0 Å². The van der Waals surface area contributed by atoms with Gasteiger partial charge >= 0.3 is 11.9 Å². The van der Waals surface area contributed by atoms with Crippen molar-refractivity contribution in [2.24, 2.45) is 0 Å². The topological polar surface area (TPSA) is 91.7 Å². The minimum absolute atomic E-state index is 0.351. The number of aliphatic carboxylic acids is 2. The Morgan fingerprint density at radius 3 is 2.00 bits per heavy atom. The minimum Gasteiger partial charge on any atom is -0.481 e. The van der Waals surface area contributed by atoms with E-state index in [0.29, 0.717) is 0 Å². The molecule has 0 aromatic heterocycles. The zero-order chi connectivity index (χ0) is 9.72. The molecule has 0 rings (SSSR count). The van der Waals surface area contributed by atoms with Crippen molar-refractivity contribution in [1.82, 2.24) is 0 Å². The lowest BCUT2D eigenvalue weighted by Crippen LogP contribution is -2.24. The van der Waals surface area contributed by atoms with Gasteiger partial charge < -0.3 is 10.2 Å². The Bertz CT molecular complexity index is 212. The fraction of sp³-hybridized carbons (Fsp3) is 0.500. The second-order valence-electron chi connectivity index (χ2n) is 2.06. The van der Waals surface area contributed by atoms with Gasteiger partial charge in [0, 0.05) is 6.42 Å². The molecule has 5 nitrogen and oxygen atoms in total. The predicted molar refractivity (Wildman–Crippen MR) is 39.2 cm³/mol. The maximum absolute atomic E-state index is 10.7. The molecule has 0 fully saturated rings. The van der Waals surface area contributed by atoms with Crippen LogP contribution in [-0.2, 0) is 14.4 Å². The van der Waals surface area contributed by atoms with Gasteiger partial charge in [-0.2, -0.15) is 0 Å². The van der Waals surface area contributed by atoms with Crippen LogP contribution in [0.3, 0.4) is 0 Å². The molecule has 12 heavy (non-hydrogen) atoms. The molecule has 0 heterocycles. The highest BCUT2D eigenvalue weighted by Gasteiger charge is 2.22. The van der Waals surface area contributed by atoms with Crippen molar-refractivity contribution in [1.29, 1.82) is 0 Å². The van der Waals surface area contributed by atoms with Crippen LogP contribution in [0.5, 0.6) is 0 Å². The third kappa shape index (κ3) is 3.92. The Morgan fingerprint density at radius 1 is 1.17 bits per heavy atom. The van der Waals surface area contributed by atoms with Crippen LogP contribution >= 0.6 is 11.6 Å². The smallest absolute Gasteiger partial charge is 0.329 e. The molecule has 0 aromatic rings. The normalized spacial score (nSPS) is 12.1. The molecule has 6 heteroatoms. The average molecular weight is 195 g/mol. The fourth-order valence-electron chi connectivity index (χ4n) is 0.495. The summed E-state index contributed by atoms with van der Waals surface area (Å²) >= 11 is 5.11. The molecule has 0 bridgehead atoms. The number of Topliss-reactive ketones (excluding diaryl/α,β-unsaturated/α-hetero) is 1. The summed E-state index contributed by atoms with van der Waals surface area (Å²) in [6.07, 6.45) is -0.745. The van der Waals surface area contributed by atoms with Gasteiger partial charge in [0.15, 0.2) is 11.2 Å². The molecule has 0 radical (unpaired) electrons. The van der Waals surface area contributed by atoms with Gasteiger partial charge in [-0.25, -0.2) is 0 Å². The Kier molecular flexibility index (Phi) is 4.28. The number of rotatable bonds is 5. The maximum atomic E-state index is 10.7. The summed E-state index contributed by atoms with van der Waals surface area (Å²) in [4.78, 5) is 30.8. The lowest BCUT2D eigenvalue weighted by Gasteiger charge is -2.00. The van der Waals surface area contributed by atoms with Gasteiger partial charge in [0.05, 0.1) is 6.42 Å². The highest BCUT2D eigenvalue weighted by molar-refractivity contribution is 6.40. The molecule has 1 unspecified atom stereocenters. The second kappa shape index (κ2) is 4.71. The van der Waals surface area contributed by atoms with E-state index in [1.165, 1.54) is 0 Å². The molecule has 1 atom stereocenters. The maximum Gasteiger partial charge on any atom is 0.329 e. The quantitative estimate of drug-likeness (QED) is 0.479. The van der Waals surface area contributed by atoms with Crippen LogP contribution < -0.4 is 0 Å². The Balaban J connectivity index is 3.88. The summed E-state index contributed by atoms with van der Waals surface area (Å²) in [5, 5.41) is 14.7. The standard InChI is InChI=1S/C6H7ClO5/c7-5(6(11)12)3(8)1-2-4(9)10/h5H,1-2H2,(H,9,10)(H,11,12). The molecule has 68 valence electrons. The minimum atomic E-state index is -1.63. The number of alkyl halides is 1. The SMILES string of the molecule is O=C(O)CCC(=O)C(Cl)C(=O)O. The van der Waals surface area contributed by atoms with Crippen molar-refractivity contribution in [2.75, 3.05) is 0 Å². The third-order valence-electron chi connectivity index (χ3n) is 1.08. The largest absolute Gasteiger partial charge is 0.481 e. The predicted octanol–water partition coefficient (Wildman–Crippen LogP) is 0.112. The zero-order valence-corrected chi connectivity index (χ0v) is 6.74. The number of carboxylic acid groups (broad SMARTS) is 2. The first-order valence-corrected chi connectivity index (χ1v) is 3.50. The van der Waals surface area contributed by atoms with Gasteiger partial charge in [-0.05, 0) is 0 Å². The molecule has 0 saturated carbocycles. The Labute approximate surface area is 72.9 Å². The van der Waals surface area contributed by atoms with E-state index in [4.69, 9.17) is 21.8 Å². The molecular weight excluding hydrogens is 188 g/mol. The molecule has 0 aliphatic rings. The first-order chi connectivity index (χ1) is 5.45. The van der Waals surface area contributed by atoms with Crippen molar-refractivity contribution in [3.8, 4) is 0 Å². The monoisotopic (exact) mass is 194 g/mol. The number of carbonyl (C=O) groups is 3. The van der Waals surface area contributed by atoms with Crippen LogP contribution in [0.15, 0.2) is 0 Å². The van der Waals surface area contributed by atoms with E-state index >= 15 is 0 Å². The number of ketones is 1. The number of hydrogen-bond donors (Lipinski definition) is 2. The van der Waals surface area contributed by atoms with Crippen molar-refractivity contribution in [3.63, 3.8) is 0 Å². The first-order valence-electron chi connectivity index (χ1n) is 3.06. The van der Waals surface area contributed by atoms with Crippen molar-refractivity contribution < 1.29 is 24.6 Å². The second-order valence-corrected chi connectivity index (χ2v) is 2.50. The summed E-state index contributed by atoms with van der Waals surface area (Å²) in [5.74, 6) is -3.39. The highest BCUT2D eigenvalue weighted by atomic mass is 35.5. The molecule has 0 amide bonds. The van der Waals surface area contributed by atoms with E-state index in [1.807, 2.05) is 0 Å². The molecular formula is C6H7ClO5. The highest BCUT2D eigenvalue weighted by Crippen LogP contribution is 2.03. The van der Waals surface area contributed by atoms with Crippen LogP contribution in [0.25, 0.3) is 0 Å². The number of halogens is 1. The number of carbonyl (C=O) groups excluding carboxylic acids is 1. The first kappa shape index (κ1) is 10.9. The van der Waals surface area contributed by atoms with Crippen molar-refractivity contribution >= 4 is 29.3 Å². The van der Waals surface area contributed by atoms with Crippen LogP contribution in [0, 0.1) is 0 Å². The average Bonchev–Trinajstić information content (AvgIpc) is 1.98. The molecule has 2 N–H and O–H groups in total. The van der Waals surface area contributed by atoms with Crippen LogP contribution in [0.1, 0.15) is 12.8 Å². The third-order valence-corrected chi connectivity index (χ3v) is 1.51. The van der Waals surface area contributed by atoms with Gasteiger partial charge in [0.25, 0.3) is 0 Å². The molecule has 0 aliphatic carbocycles. The van der Waals surface area contributed by atoms with Crippen LogP contribution in [-0.4, -0.2) is 33.3 Å². The van der Waals surface area contributed by atoms with Gasteiger partial charge in [-0.3, -0.25) is 14.4 Å². The number of carboxylic acids is 2. The van der Waals surface area contributed by atoms with E-state index in [2.05, 4.69) is 0 Å². The number of hydrogen-bond acceptors (Lipinski definition) is 3. The summed E-state index contributed by atoms with van der Waals surface area (Å²) in [6, 6.07) is 0. The van der Waals surface area contributed by atoms with E-state index < -0.39 is 29.5 Å². The summed E-state index contributed by atoms with van der Waals surface area (Å²) < 4.78 is 0. The molecule has 0 aromatic carbocycles. The lowest BCUT2D eigenvalue weighted by atomic mass is 10.1. The van der Waals surface area contributed by atoms with Gasteiger partial charge in [0.1, 0.15) is 0 Å². The van der Waals surface area contributed by atoms with Crippen LogP contribution in [0.4, 0.5) is 0 Å². The summed E-state index contributed by atoms with van der Waals surface area (Å²) in [6.45, 7) is 0. The van der Waals surface area contributed by atoms with E-state index in [9.17, 15) is 14.4 Å². The van der Waals surface area contributed by atoms with Gasteiger partial charge in [0.2, 0.25) is 0 Å². The van der Waals surface area contributed by atoms with Gasteiger partial charge in [-0.15, -0.1) is 11.6 Å². The zero-order valence-electron chi connectivity index (χ0n) is 5.99. The van der Waals surface area contributed by atoms with Crippen molar-refractivity contribution in [2.45, 2.75) is 18.2 Å². The molecule has 0 spiro atoms. The van der Waals surface area contributed by atoms with E-state index in [1.54, 1.807) is 0 Å².